The minimum absolute atomic E-state index is 0.210. The van der Waals surface area contributed by atoms with E-state index in [-0.39, 0.29) is 18.4 Å². The largest absolute Gasteiger partial charge is 0.486 e. The van der Waals surface area contributed by atoms with Gasteiger partial charge in [0.1, 0.15) is 18.2 Å². The molecule has 1 saturated heterocycles. The molecule has 2 aromatic rings. The summed E-state index contributed by atoms with van der Waals surface area (Å²) in [7, 11) is 0. The van der Waals surface area contributed by atoms with Crippen molar-refractivity contribution in [1.82, 2.24) is 9.88 Å². The van der Waals surface area contributed by atoms with Gasteiger partial charge in [0.2, 0.25) is 0 Å². The summed E-state index contributed by atoms with van der Waals surface area (Å²) in [4.78, 5) is 30.6. The van der Waals surface area contributed by atoms with Crippen LogP contribution in [0.5, 0.6) is 0 Å². The first-order valence-electron chi connectivity index (χ1n) is 10.9. The fourth-order valence-electron chi connectivity index (χ4n) is 4.68. The van der Waals surface area contributed by atoms with Gasteiger partial charge in [-0.15, -0.1) is 0 Å². The van der Waals surface area contributed by atoms with Gasteiger partial charge in [-0.05, 0) is 75.6 Å². The molecule has 7 nitrogen and oxygen atoms in total. The molecule has 0 aliphatic carbocycles. The lowest BCUT2D eigenvalue weighted by Gasteiger charge is -2.29. The van der Waals surface area contributed by atoms with Crippen molar-refractivity contribution >= 4 is 28.9 Å². The summed E-state index contributed by atoms with van der Waals surface area (Å²) < 4.78 is 19.6. The lowest BCUT2D eigenvalue weighted by molar-refractivity contribution is -0.143. The number of rotatable bonds is 5. The molecule has 0 saturated carbocycles. The van der Waals surface area contributed by atoms with Gasteiger partial charge in [0.25, 0.3) is 5.91 Å². The highest BCUT2D eigenvalue weighted by Crippen LogP contribution is 2.41. The van der Waals surface area contributed by atoms with E-state index in [4.69, 9.17) is 14.8 Å². The van der Waals surface area contributed by atoms with Gasteiger partial charge in [-0.3, -0.25) is 14.6 Å². The molecular weight excluding hydrogens is 413 g/mol. The maximum Gasteiger partial charge on any atom is 0.306 e. The van der Waals surface area contributed by atoms with E-state index >= 15 is 0 Å². The molecule has 5 rings (SSSR count). The van der Waals surface area contributed by atoms with Gasteiger partial charge in [0, 0.05) is 22.5 Å². The Morgan fingerprint density at radius 1 is 1.22 bits per heavy atom. The minimum atomic E-state index is -0.688. The van der Waals surface area contributed by atoms with E-state index in [0.29, 0.717) is 35.4 Å². The number of aliphatic carboxylic acids is 1. The number of pyridine rings is 1. The van der Waals surface area contributed by atoms with E-state index in [1.807, 2.05) is 12.1 Å². The second kappa shape index (κ2) is 8.35. The van der Waals surface area contributed by atoms with E-state index in [0.717, 1.165) is 49.4 Å². The number of ether oxygens (including phenoxy) is 1. The van der Waals surface area contributed by atoms with Crippen molar-refractivity contribution in [3.63, 3.8) is 0 Å². The summed E-state index contributed by atoms with van der Waals surface area (Å²) >= 11 is 0. The Morgan fingerprint density at radius 3 is 2.81 bits per heavy atom. The van der Waals surface area contributed by atoms with E-state index in [2.05, 4.69) is 10.2 Å². The smallest absolute Gasteiger partial charge is 0.306 e. The van der Waals surface area contributed by atoms with Crippen LogP contribution in [0.25, 0.3) is 11.3 Å². The van der Waals surface area contributed by atoms with E-state index in [1.54, 1.807) is 6.07 Å². The molecule has 1 fully saturated rings. The maximum absolute atomic E-state index is 13.8. The van der Waals surface area contributed by atoms with Crippen molar-refractivity contribution in [2.24, 2.45) is 5.92 Å². The molecule has 0 radical (unpaired) electrons. The number of fused-ring (bicyclic) bond motifs is 2. The number of likely N-dealkylation sites (tertiary alicyclic amines) is 1. The van der Waals surface area contributed by atoms with Gasteiger partial charge in [0.15, 0.2) is 0 Å². The average Bonchev–Trinajstić information content (AvgIpc) is 3.33. The second-order valence-electron chi connectivity index (χ2n) is 8.49. The van der Waals surface area contributed by atoms with Gasteiger partial charge in [0.05, 0.1) is 17.2 Å². The number of nitrogens with zero attached hydrogens (tertiary/aromatic N) is 2. The molecule has 0 bridgehead atoms. The van der Waals surface area contributed by atoms with Crippen molar-refractivity contribution in [2.45, 2.75) is 32.3 Å². The molecule has 1 aromatic carbocycles. The SMILES string of the molecule is O=C1Nc2ccc(F)cc2/C1=C1\OCc2nc(CCCN3CCC(C(=O)O)CC3)ccc21. The van der Waals surface area contributed by atoms with Crippen LogP contribution in [0.1, 0.15) is 41.8 Å². The number of amides is 1. The Bertz CT molecular complexity index is 1120. The van der Waals surface area contributed by atoms with Crippen LogP contribution >= 0.6 is 0 Å². The molecular formula is C24H24FN3O4. The number of anilines is 1. The van der Waals surface area contributed by atoms with Gasteiger partial charge >= 0.3 is 5.97 Å². The van der Waals surface area contributed by atoms with Crippen LogP contribution in [0.2, 0.25) is 0 Å². The first-order valence-corrected chi connectivity index (χ1v) is 10.9. The highest BCUT2D eigenvalue weighted by Gasteiger charge is 2.33. The number of carbonyl (C=O) groups is 2. The lowest BCUT2D eigenvalue weighted by Crippen LogP contribution is -2.36. The summed E-state index contributed by atoms with van der Waals surface area (Å²) in [5, 5.41) is 11.9. The molecule has 0 spiro atoms. The number of carbonyl (C=O) groups excluding carboxylic acids is 1. The number of carboxylic acids is 1. The molecule has 8 heteroatoms. The van der Waals surface area contributed by atoms with Crippen molar-refractivity contribution < 1.29 is 23.8 Å². The van der Waals surface area contributed by atoms with Gasteiger partial charge in [-0.25, -0.2) is 4.39 Å². The highest BCUT2D eigenvalue weighted by molar-refractivity contribution is 6.36. The van der Waals surface area contributed by atoms with Crippen LogP contribution in [0.15, 0.2) is 30.3 Å². The maximum atomic E-state index is 13.8. The van der Waals surface area contributed by atoms with Gasteiger partial charge in [-0.1, -0.05) is 0 Å². The number of hydrogen-bond donors (Lipinski definition) is 2. The summed E-state index contributed by atoms with van der Waals surface area (Å²) in [6.45, 7) is 2.84. The molecule has 32 heavy (non-hydrogen) atoms. The van der Waals surface area contributed by atoms with E-state index in [9.17, 15) is 14.0 Å². The number of piperidine rings is 1. The third kappa shape index (κ3) is 3.86. The quantitative estimate of drug-likeness (QED) is 0.698. The highest BCUT2D eigenvalue weighted by atomic mass is 19.1. The van der Waals surface area contributed by atoms with Gasteiger partial charge < -0.3 is 20.1 Å². The fraction of sp³-hybridized carbons (Fsp3) is 0.375. The van der Waals surface area contributed by atoms with E-state index < -0.39 is 11.8 Å². The average molecular weight is 437 g/mol. The van der Waals surface area contributed by atoms with Gasteiger partial charge in [-0.2, -0.15) is 0 Å². The molecule has 166 valence electrons. The molecule has 3 aliphatic rings. The Hall–Kier alpha value is -3.26. The lowest BCUT2D eigenvalue weighted by atomic mass is 9.97. The number of halogens is 1. The molecule has 0 atom stereocenters. The molecule has 3 aliphatic heterocycles. The van der Waals surface area contributed by atoms with Crippen molar-refractivity contribution in [1.29, 1.82) is 0 Å². The monoisotopic (exact) mass is 437 g/mol. The summed E-state index contributed by atoms with van der Waals surface area (Å²) in [5.74, 6) is -1.16. The number of aromatic nitrogens is 1. The number of nitrogens with one attached hydrogen (secondary N) is 1. The third-order valence-electron chi connectivity index (χ3n) is 6.43. The molecule has 2 N–H and O–H groups in total. The number of hydrogen-bond acceptors (Lipinski definition) is 5. The third-order valence-corrected chi connectivity index (χ3v) is 6.43. The Balaban J connectivity index is 1.26. The van der Waals surface area contributed by atoms with Crippen molar-refractivity contribution in [3.05, 3.63) is 58.7 Å². The molecule has 0 unspecified atom stereocenters. The number of aryl methyl sites for hydroxylation is 1. The molecule has 1 amide bonds. The minimum Gasteiger partial charge on any atom is -0.486 e. The fourth-order valence-corrected chi connectivity index (χ4v) is 4.68. The number of benzene rings is 1. The van der Waals surface area contributed by atoms with Crippen LogP contribution in [0.3, 0.4) is 0 Å². The molecule has 4 heterocycles. The van der Waals surface area contributed by atoms with E-state index in [1.165, 1.54) is 12.1 Å². The first kappa shape index (κ1) is 20.6. The topological polar surface area (TPSA) is 91.8 Å². The number of carboxylic acid groups (broad SMARTS) is 1. The zero-order valence-electron chi connectivity index (χ0n) is 17.6. The summed E-state index contributed by atoms with van der Waals surface area (Å²) in [6.07, 6.45) is 3.17. The Labute approximate surface area is 184 Å². The van der Waals surface area contributed by atoms with Crippen LogP contribution < -0.4 is 5.32 Å². The second-order valence-corrected chi connectivity index (χ2v) is 8.49. The summed E-state index contributed by atoms with van der Waals surface area (Å²) in [5.41, 5.74) is 3.94. The summed E-state index contributed by atoms with van der Waals surface area (Å²) in [6, 6.07) is 8.09. The Morgan fingerprint density at radius 2 is 2.03 bits per heavy atom. The zero-order chi connectivity index (χ0) is 22.2. The normalized spacial score (nSPS) is 20.6. The predicted molar refractivity (Wildman–Crippen MR) is 116 cm³/mol. The Kier molecular flexibility index (Phi) is 5.38. The van der Waals surface area contributed by atoms with Crippen molar-refractivity contribution in [2.75, 3.05) is 25.0 Å². The predicted octanol–water partition coefficient (Wildman–Crippen LogP) is 3.30. The zero-order valence-corrected chi connectivity index (χ0v) is 17.6. The van der Waals surface area contributed by atoms with Crippen LogP contribution in [-0.2, 0) is 27.4 Å². The van der Waals surface area contributed by atoms with Crippen LogP contribution in [-0.4, -0.2) is 46.5 Å². The molecule has 1 aromatic heterocycles. The first-order chi connectivity index (χ1) is 15.5. The van der Waals surface area contributed by atoms with Crippen LogP contribution in [0, 0.1) is 11.7 Å². The van der Waals surface area contributed by atoms with Crippen LogP contribution in [0.4, 0.5) is 10.1 Å². The van der Waals surface area contributed by atoms with Crippen molar-refractivity contribution in [3.8, 4) is 0 Å². The standard InChI is InChI=1S/C24H24FN3O4/c25-15-3-6-19-18(12-15)21(23(29)27-19)22-17-5-4-16(26-20(17)13-32-22)2-1-9-28-10-7-14(8-11-28)24(30)31/h3-6,12,14H,1-2,7-11,13H2,(H,27,29)(H,30,31)/b22-21+.